The fourth-order valence-electron chi connectivity index (χ4n) is 2.17. The van der Waals surface area contributed by atoms with Crippen LogP contribution in [0.15, 0.2) is 30.5 Å². The first-order chi connectivity index (χ1) is 9.22. The normalized spacial score (nSPS) is 11.2. The lowest BCUT2D eigenvalue weighted by molar-refractivity contribution is 0.748. The second-order valence-corrected chi connectivity index (χ2v) is 5.17. The zero-order valence-electron chi connectivity index (χ0n) is 12.0. The Morgan fingerprint density at radius 2 is 2.00 bits per heavy atom. The van der Waals surface area contributed by atoms with Gasteiger partial charge in [0.25, 0.3) is 0 Å². The Labute approximate surface area is 115 Å². The summed E-state index contributed by atoms with van der Waals surface area (Å²) >= 11 is 0. The van der Waals surface area contributed by atoms with E-state index in [9.17, 15) is 0 Å². The molecule has 102 valence electrons. The minimum atomic E-state index is 0.543. The number of fused-ring (bicyclic) bond motifs is 1. The molecular weight excluding hydrogens is 234 g/mol. The number of rotatable bonds is 6. The quantitative estimate of drug-likeness (QED) is 0.779. The molecule has 0 saturated carbocycles. The van der Waals surface area contributed by atoms with Crippen molar-refractivity contribution >= 4 is 16.6 Å². The van der Waals surface area contributed by atoms with Crippen molar-refractivity contribution in [3.8, 4) is 0 Å². The summed E-state index contributed by atoms with van der Waals surface area (Å²) in [6, 6.07) is 8.60. The van der Waals surface area contributed by atoms with Gasteiger partial charge in [0.2, 0.25) is 0 Å². The SMILES string of the molecule is CNCCCNc1ccnc2ccc(C(C)C)cc12. The van der Waals surface area contributed by atoms with Crippen molar-refractivity contribution in [2.24, 2.45) is 0 Å². The van der Waals surface area contributed by atoms with E-state index in [0.717, 1.165) is 25.0 Å². The molecule has 3 heteroatoms. The summed E-state index contributed by atoms with van der Waals surface area (Å²) in [6.45, 7) is 6.45. The van der Waals surface area contributed by atoms with Crippen molar-refractivity contribution in [3.05, 3.63) is 36.0 Å². The van der Waals surface area contributed by atoms with Crippen LogP contribution in [0.4, 0.5) is 5.69 Å². The molecular formula is C16H23N3. The molecule has 0 aliphatic carbocycles. The lowest BCUT2D eigenvalue weighted by Gasteiger charge is -2.12. The van der Waals surface area contributed by atoms with E-state index in [2.05, 4.69) is 53.7 Å². The van der Waals surface area contributed by atoms with Crippen LogP contribution in [-0.4, -0.2) is 25.1 Å². The number of anilines is 1. The Bertz CT molecular complexity index is 535. The molecule has 0 unspecified atom stereocenters. The highest BCUT2D eigenvalue weighted by Crippen LogP contribution is 2.25. The Morgan fingerprint density at radius 1 is 1.16 bits per heavy atom. The Kier molecular flexibility index (Phi) is 4.74. The first-order valence-electron chi connectivity index (χ1n) is 6.99. The average molecular weight is 257 g/mol. The van der Waals surface area contributed by atoms with Crippen LogP contribution in [-0.2, 0) is 0 Å². The molecule has 2 aromatic rings. The molecule has 1 aromatic carbocycles. The fourth-order valence-corrected chi connectivity index (χ4v) is 2.17. The molecule has 0 spiro atoms. The monoisotopic (exact) mass is 257 g/mol. The molecule has 3 nitrogen and oxygen atoms in total. The number of aromatic nitrogens is 1. The summed E-state index contributed by atoms with van der Waals surface area (Å²) in [7, 11) is 1.98. The highest BCUT2D eigenvalue weighted by molar-refractivity contribution is 5.91. The molecule has 0 fully saturated rings. The van der Waals surface area contributed by atoms with Crippen LogP contribution in [0.2, 0.25) is 0 Å². The van der Waals surface area contributed by atoms with Gasteiger partial charge in [-0.25, -0.2) is 0 Å². The predicted octanol–water partition coefficient (Wildman–Crippen LogP) is 3.38. The molecule has 0 atom stereocenters. The number of nitrogens with one attached hydrogen (secondary N) is 2. The van der Waals surface area contributed by atoms with Crippen LogP contribution in [0.25, 0.3) is 10.9 Å². The van der Waals surface area contributed by atoms with Crippen molar-refractivity contribution in [3.63, 3.8) is 0 Å². The fraction of sp³-hybridized carbons (Fsp3) is 0.438. The van der Waals surface area contributed by atoms with E-state index in [0.29, 0.717) is 5.92 Å². The van der Waals surface area contributed by atoms with Crippen LogP contribution in [0.5, 0.6) is 0 Å². The molecule has 0 radical (unpaired) electrons. The van der Waals surface area contributed by atoms with E-state index >= 15 is 0 Å². The molecule has 2 rings (SSSR count). The van der Waals surface area contributed by atoms with E-state index < -0.39 is 0 Å². The maximum Gasteiger partial charge on any atom is 0.0722 e. The summed E-state index contributed by atoms with van der Waals surface area (Å²) in [6.07, 6.45) is 2.99. The lowest BCUT2D eigenvalue weighted by Crippen LogP contribution is -2.13. The summed E-state index contributed by atoms with van der Waals surface area (Å²) in [5, 5.41) is 7.89. The second-order valence-electron chi connectivity index (χ2n) is 5.17. The number of benzene rings is 1. The number of pyridine rings is 1. The molecule has 2 N–H and O–H groups in total. The third kappa shape index (κ3) is 3.44. The van der Waals surface area contributed by atoms with Crippen LogP contribution < -0.4 is 10.6 Å². The van der Waals surface area contributed by atoms with E-state index in [1.807, 2.05) is 13.2 Å². The van der Waals surface area contributed by atoms with E-state index in [1.165, 1.54) is 16.6 Å². The topological polar surface area (TPSA) is 37.0 Å². The van der Waals surface area contributed by atoms with E-state index in [4.69, 9.17) is 0 Å². The Balaban J connectivity index is 2.24. The second kappa shape index (κ2) is 6.53. The molecule has 19 heavy (non-hydrogen) atoms. The Morgan fingerprint density at radius 3 is 2.74 bits per heavy atom. The number of hydrogen-bond acceptors (Lipinski definition) is 3. The minimum absolute atomic E-state index is 0.543. The molecule has 0 amide bonds. The van der Waals surface area contributed by atoms with Crippen LogP contribution >= 0.6 is 0 Å². The van der Waals surface area contributed by atoms with Gasteiger partial charge in [-0.15, -0.1) is 0 Å². The van der Waals surface area contributed by atoms with Gasteiger partial charge in [-0.2, -0.15) is 0 Å². The molecule has 0 aliphatic rings. The average Bonchev–Trinajstić information content (AvgIpc) is 2.43. The van der Waals surface area contributed by atoms with Crippen molar-refractivity contribution in [2.75, 3.05) is 25.5 Å². The van der Waals surface area contributed by atoms with Gasteiger partial charge in [-0.05, 0) is 49.7 Å². The zero-order valence-corrected chi connectivity index (χ0v) is 12.0. The summed E-state index contributed by atoms with van der Waals surface area (Å²) < 4.78 is 0. The van der Waals surface area contributed by atoms with Gasteiger partial charge < -0.3 is 10.6 Å². The maximum atomic E-state index is 4.43. The van der Waals surface area contributed by atoms with Gasteiger partial charge in [-0.1, -0.05) is 19.9 Å². The highest BCUT2D eigenvalue weighted by Gasteiger charge is 2.05. The molecule has 1 aromatic heterocycles. The molecule has 0 aliphatic heterocycles. The molecule has 0 bridgehead atoms. The maximum absolute atomic E-state index is 4.43. The van der Waals surface area contributed by atoms with Crippen molar-refractivity contribution in [2.45, 2.75) is 26.2 Å². The molecule has 0 saturated heterocycles. The highest BCUT2D eigenvalue weighted by atomic mass is 14.9. The first kappa shape index (κ1) is 13.8. The first-order valence-corrected chi connectivity index (χ1v) is 6.99. The third-order valence-corrected chi connectivity index (χ3v) is 3.35. The predicted molar refractivity (Wildman–Crippen MR) is 82.9 cm³/mol. The van der Waals surface area contributed by atoms with Crippen molar-refractivity contribution in [1.29, 1.82) is 0 Å². The zero-order chi connectivity index (χ0) is 13.7. The number of hydrogen-bond donors (Lipinski definition) is 2. The van der Waals surface area contributed by atoms with Gasteiger partial charge >= 0.3 is 0 Å². The summed E-state index contributed by atoms with van der Waals surface area (Å²) in [5.41, 5.74) is 3.60. The standard InChI is InChI=1S/C16H23N3/c1-12(2)13-5-6-15-14(11-13)16(7-10-19-15)18-9-4-8-17-3/h5-7,10-12,17H,4,8-9H2,1-3H3,(H,18,19). The minimum Gasteiger partial charge on any atom is -0.384 e. The van der Waals surface area contributed by atoms with Crippen LogP contribution in [0.1, 0.15) is 31.7 Å². The van der Waals surface area contributed by atoms with E-state index in [-0.39, 0.29) is 0 Å². The lowest BCUT2D eigenvalue weighted by atomic mass is 10.0. The van der Waals surface area contributed by atoms with Gasteiger partial charge in [0.05, 0.1) is 5.52 Å². The summed E-state index contributed by atoms with van der Waals surface area (Å²) in [4.78, 5) is 4.43. The van der Waals surface area contributed by atoms with Crippen LogP contribution in [0.3, 0.4) is 0 Å². The van der Waals surface area contributed by atoms with Crippen molar-refractivity contribution < 1.29 is 0 Å². The van der Waals surface area contributed by atoms with Gasteiger partial charge in [0, 0.05) is 23.8 Å². The molecule has 1 heterocycles. The summed E-state index contributed by atoms with van der Waals surface area (Å²) in [5.74, 6) is 0.543. The van der Waals surface area contributed by atoms with Crippen LogP contribution in [0, 0.1) is 0 Å². The van der Waals surface area contributed by atoms with Crippen molar-refractivity contribution in [1.82, 2.24) is 10.3 Å². The smallest absolute Gasteiger partial charge is 0.0722 e. The van der Waals surface area contributed by atoms with Gasteiger partial charge in [0.1, 0.15) is 0 Å². The van der Waals surface area contributed by atoms with Gasteiger partial charge in [-0.3, -0.25) is 4.98 Å². The largest absolute Gasteiger partial charge is 0.384 e. The number of nitrogens with zero attached hydrogens (tertiary/aromatic N) is 1. The Hall–Kier alpha value is -1.61. The third-order valence-electron chi connectivity index (χ3n) is 3.35. The van der Waals surface area contributed by atoms with E-state index in [1.54, 1.807) is 0 Å². The van der Waals surface area contributed by atoms with Gasteiger partial charge in [0.15, 0.2) is 0 Å².